The van der Waals surface area contributed by atoms with Crippen LogP contribution in [0.3, 0.4) is 0 Å². The Morgan fingerprint density at radius 2 is 1.68 bits per heavy atom. The molecule has 0 aliphatic carbocycles. The highest BCUT2D eigenvalue weighted by Gasteiger charge is 2.26. The smallest absolute Gasteiger partial charge is 0.320 e. The van der Waals surface area contributed by atoms with Crippen LogP contribution in [0.5, 0.6) is 5.75 Å². The van der Waals surface area contributed by atoms with Crippen LogP contribution in [-0.2, 0) is 0 Å². The Kier molecular flexibility index (Phi) is 5.25. The Balaban J connectivity index is 1.94. The van der Waals surface area contributed by atoms with E-state index in [1.807, 2.05) is 13.8 Å². The van der Waals surface area contributed by atoms with E-state index in [1.165, 1.54) is 12.1 Å². The van der Waals surface area contributed by atoms with E-state index < -0.39 is 0 Å². The summed E-state index contributed by atoms with van der Waals surface area (Å²) >= 11 is 0. The summed E-state index contributed by atoms with van der Waals surface area (Å²) in [4.78, 5) is 29.9. The molecule has 0 radical (unpaired) electrons. The van der Waals surface area contributed by atoms with Gasteiger partial charge in [-0.05, 0) is 32.0 Å². The number of phenolic OH excluding ortho intramolecular Hbond substituents is 1. The van der Waals surface area contributed by atoms with Crippen molar-refractivity contribution in [2.75, 3.05) is 39.3 Å². The molecule has 0 saturated carbocycles. The summed E-state index contributed by atoms with van der Waals surface area (Å²) in [5.74, 6) is -0.0213. The van der Waals surface area contributed by atoms with Gasteiger partial charge < -0.3 is 19.8 Å². The lowest BCUT2D eigenvalue weighted by atomic mass is 10.1. The number of piperazine rings is 1. The van der Waals surface area contributed by atoms with Gasteiger partial charge in [-0.3, -0.25) is 4.79 Å². The fraction of sp³-hybridized carbons (Fsp3) is 0.500. The zero-order valence-corrected chi connectivity index (χ0v) is 13.2. The zero-order valence-electron chi connectivity index (χ0n) is 13.2. The predicted molar refractivity (Wildman–Crippen MR) is 83.9 cm³/mol. The molecule has 1 aliphatic heterocycles. The minimum atomic E-state index is -0.106. The van der Waals surface area contributed by atoms with Crippen molar-refractivity contribution in [2.24, 2.45) is 0 Å². The molecule has 1 N–H and O–H groups in total. The average Bonchev–Trinajstić information content (AvgIpc) is 2.55. The first-order valence-electron chi connectivity index (χ1n) is 7.69. The first kappa shape index (κ1) is 16.1. The number of nitrogens with zero attached hydrogens (tertiary/aromatic N) is 3. The topological polar surface area (TPSA) is 64.1 Å². The third kappa shape index (κ3) is 3.50. The molecule has 0 atom stereocenters. The number of urea groups is 1. The molecule has 1 saturated heterocycles. The van der Waals surface area contributed by atoms with Gasteiger partial charge in [0.05, 0.1) is 0 Å². The van der Waals surface area contributed by atoms with Gasteiger partial charge in [0.25, 0.3) is 5.91 Å². The molecule has 120 valence electrons. The van der Waals surface area contributed by atoms with E-state index in [1.54, 1.807) is 26.8 Å². The summed E-state index contributed by atoms with van der Waals surface area (Å²) in [6, 6.07) is 6.39. The highest BCUT2D eigenvalue weighted by atomic mass is 16.3. The average molecular weight is 305 g/mol. The lowest BCUT2D eigenvalue weighted by molar-refractivity contribution is 0.0641. The summed E-state index contributed by atoms with van der Waals surface area (Å²) < 4.78 is 0. The van der Waals surface area contributed by atoms with Gasteiger partial charge in [0.2, 0.25) is 0 Å². The van der Waals surface area contributed by atoms with Crippen molar-refractivity contribution in [1.82, 2.24) is 14.7 Å². The molecule has 1 aromatic carbocycles. The quantitative estimate of drug-likeness (QED) is 0.923. The van der Waals surface area contributed by atoms with E-state index in [0.29, 0.717) is 44.8 Å². The number of benzene rings is 1. The molecule has 1 aromatic rings. The van der Waals surface area contributed by atoms with Gasteiger partial charge in [-0.1, -0.05) is 6.07 Å². The maximum Gasteiger partial charge on any atom is 0.320 e. The van der Waals surface area contributed by atoms with E-state index in [9.17, 15) is 14.7 Å². The second kappa shape index (κ2) is 7.15. The van der Waals surface area contributed by atoms with Crippen LogP contribution in [0, 0.1) is 0 Å². The normalized spacial score (nSPS) is 14.8. The third-order valence-electron chi connectivity index (χ3n) is 3.96. The second-order valence-electron chi connectivity index (χ2n) is 5.28. The third-order valence-corrected chi connectivity index (χ3v) is 3.96. The summed E-state index contributed by atoms with van der Waals surface area (Å²) in [5, 5.41) is 9.46. The number of carbonyl (C=O) groups is 2. The number of rotatable bonds is 3. The molecule has 6 nitrogen and oxygen atoms in total. The number of amides is 3. The van der Waals surface area contributed by atoms with E-state index in [-0.39, 0.29) is 17.7 Å². The summed E-state index contributed by atoms with van der Waals surface area (Å²) in [6.45, 7) is 7.42. The van der Waals surface area contributed by atoms with Crippen LogP contribution >= 0.6 is 0 Å². The monoisotopic (exact) mass is 305 g/mol. The Bertz CT molecular complexity index is 535. The van der Waals surface area contributed by atoms with Crippen LogP contribution in [-0.4, -0.2) is 71.0 Å². The maximum atomic E-state index is 12.4. The molecular formula is C16H23N3O3. The number of hydrogen-bond acceptors (Lipinski definition) is 3. The van der Waals surface area contributed by atoms with E-state index in [0.717, 1.165) is 0 Å². The van der Waals surface area contributed by atoms with Crippen molar-refractivity contribution < 1.29 is 14.7 Å². The molecule has 1 aliphatic rings. The van der Waals surface area contributed by atoms with Gasteiger partial charge in [0.15, 0.2) is 0 Å². The minimum Gasteiger partial charge on any atom is -0.508 e. The molecule has 1 heterocycles. The highest BCUT2D eigenvalue weighted by Crippen LogP contribution is 2.15. The minimum absolute atomic E-state index is 0.0365. The van der Waals surface area contributed by atoms with Crippen molar-refractivity contribution in [3.05, 3.63) is 29.8 Å². The van der Waals surface area contributed by atoms with Gasteiger partial charge in [0, 0.05) is 44.8 Å². The van der Waals surface area contributed by atoms with Gasteiger partial charge in [-0.15, -0.1) is 0 Å². The molecule has 2 rings (SSSR count). The Labute approximate surface area is 130 Å². The van der Waals surface area contributed by atoms with Gasteiger partial charge in [-0.2, -0.15) is 0 Å². The summed E-state index contributed by atoms with van der Waals surface area (Å²) in [5.41, 5.74) is 0.475. The lowest BCUT2D eigenvalue weighted by Crippen LogP contribution is -2.54. The Hall–Kier alpha value is -2.24. The molecule has 22 heavy (non-hydrogen) atoms. The van der Waals surface area contributed by atoms with E-state index in [4.69, 9.17) is 0 Å². The summed E-state index contributed by atoms with van der Waals surface area (Å²) in [6.07, 6.45) is 0. The Morgan fingerprint density at radius 3 is 2.23 bits per heavy atom. The highest BCUT2D eigenvalue weighted by molar-refractivity contribution is 5.94. The number of phenols is 1. The molecular weight excluding hydrogens is 282 g/mol. The second-order valence-corrected chi connectivity index (χ2v) is 5.28. The van der Waals surface area contributed by atoms with Crippen LogP contribution in [0.15, 0.2) is 24.3 Å². The molecule has 6 heteroatoms. The van der Waals surface area contributed by atoms with Crippen molar-refractivity contribution >= 4 is 11.9 Å². The first-order chi connectivity index (χ1) is 10.6. The number of hydrogen-bond donors (Lipinski definition) is 1. The van der Waals surface area contributed by atoms with Crippen molar-refractivity contribution in [2.45, 2.75) is 13.8 Å². The standard InChI is InChI=1S/C16H23N3O3/c1-3-17(4-2)16(22)19-10-8-18(9-11-19)15(21)13-6-5-7-14(20)12-13/h5-7,12,20H,3-4,8-11H2,1-2H3. The molecule has 1 fully saturated rings. The van der Waals surface area contributed by atoms with Crippen LogP contribution in [0.4, 0.5) is 4.79 Å². The van der Waals surface area contributed by atoms with E-state index in [2.05, 4.69) is 0 Å². The molecule has 0 unspecified atom stereocenters. The number of carbonyl (C=O) groups excluding carboxylic acids is 2. The van der Waals surface area contributed by atoms with Crippen molar-refractivity contribution in [3.63, 3.8) is 0 Å². The first-order valence-corrected chi connectivity index (χ1v) is 7.69. The fourth-order valence-electron chi connectivity index (χ4n) is 2.62. The van der Waals surface area contributed by atoms with Crippen molar-refractivity contribution in [1.29, 1.82) is 0 Å². The van der Waals surface area contributed by atoms with Gasteiger partial charge >= 0.3 is 6.03 Å². The predicted octanol–water partition coefficient (Wildman–Crippen LogP) is 1.61. The lowest BCUT2D eigenvalue weighted by Gasteiger charge is -2.37. The van der Waals surface area contributed by atoms with E-state index >= 15 is 0 Å². The zero-order chi connectivity index (χ0) is 16.1. The largest absolute Gasteiger partial charge is 0.508 e. The van der Waals surface area contributed by atoms with Crippen LogP contribution < -0.4 is 0 Å². The molecule has 0 aromatic heterocycles. The van der Waals surface area contributed by atoms with Crippen molar-refractivity contribution in [3.8, 4) is 5.75 Å². The molecule has 3 amide bonds. The van der Waals surface area contributed by atoms with Crippen LogP contribution in [0.2, 0.25) is 0 Å². The van der Waals surface area contributed by atoms with Crippen LogP contribution in [0.25, 0.3) is 0 Å². The summed E-state index contributed by atoms with van der Waals surface area (Å²) in [7, 11) is 0. The Morgan fingerprint density at radius 1 is 1.09 bits per heavy atom. The fourth-order valence-corrected chi connectivity index (χ4v) is 2.62. The van der Waals surface area contributed by atoms with Gasteiger partial charge in [0.1, 0.15) is 5.75 Å². The maximum absolute atomic E-state index is 12.4. The molecule has 0 bridgehead atoms. The van der Waals surface area contributed by atoms with Gasteiger partial charge in [-0.25, -0.2) is 4.79 Å². The number of aromatic hydroxyl groups is 1. The molecule has 0 spiro atoms. The SMILES string of the molecule is CCN(CC)C(=O)N1CCN(C(=O)c2cccc(O)c2)CC1. The van der Waals surface area contributed by atoms with Crippen LogP contribution in [0.1, 0.15) is 24.2 Å².